The van der Waals surface area contributed by atoms with Crippen LogP contribution in [0, 0.1) is 0 Å². The molecule has 1 amide bonds. The summed E-state index contributed by atoms with van der Waals surface area (Å²) in [6.45, 7) is 1.95. The Hall–Kier alpha value is -2.95. The maximum absolute atomic E-state index is 12.5. The molecule has 0 radical (unpaired) electrons. The second-order valence-corrected chi connectivity index (χ2v) is 6.24. The summed E-state index contributed by atoms with van der Waals surface area (Å²) in [4.78, 5) is 29.2. The SMILES string of the molecule is C[C@H](CCc1ccccc1)NC(=O)c1cc2cccnc2n(C)c1=O. The minimum atomic E-state index is -0.341. The Morgan fingerprint density at radius 1 is 1.20 bits per heavy atom. The summed E-state index contributed by atoms with van der Waals surface area (Å²) in [5.41, 5.74) is 1.62. The van der Waals surface area contributed by atoms with Gasteiger partial charge >= 0.3 is 0 Å². The summed E-state index contributed by atoms with van der Waals surface area (Å²) >= 11 is 0. The molecule has 5 nitrogen and oxygen atoms in total. The van der Waals surface area contributed by atoms with Crippen molar-refractivity contribution in [3.8, 4) is 0 Å². The molecule has 1 aromatic carbocycles. The van der Waals surface area contributed by atoms with Crippen LogP contribution in [-0.4, -0.2) is 21.5 Å². The van der Waals surface area contributed by atoms with E-state index in [9.17, 15) is 9.59 Å². The van der Waals surface area contributed by atoms with Gasteiger partial charge < -0.3 is 5.32 Å². The summed E-state index contributed by atoms with van der Waals surface area (Å²) in [5.74, 6) is -0.341. The van der Waals surface area contributed by atoms with E-state index in [0.717, 1.165) is 18.2 Å². The zero-order chi connectivity index (χ0) is 17.8. The van der Waals surface area contributed by atoms with Crippen molar-refractivity contribution >= 4 is 16.9 Å². The molecule has 128 valence electrons. The van der Waals surface area contributed by atoms with Gasteiger partial charge in [-0.3, -0.25) is 14.2 Å². The van der Waals surface area contributed by atoms with Crippen LogP contribution in [0.1, 0.15) is 29.3 Å². The maximum Gasteiger partial charge on any atom is 0.264 e. The van der Waals surface area contributed by atoms with E-state index < -0.39 is 0 Å². The lowest BCUT2D eigenvalue weighted by atomic mass is 10.1. The third-order valence-corrected chi connectivity index (χ3v) is 4.30. The van der Waals surface area contributed by atoms with Crippen molar-refractivity contribution in [2.24, 2.45) is 7.05 Å². The number of nitrogens with zero attached hydrogens (tertiary/aromatic N) is 2. The van der Waals surface area contributed by atoms with Crippen molar-refractivity contribution in [1.29, 1.82) is 0 Å². The van der Waals surface area contributed by atoms with Gasteiger partial charge in [-0.25, -0.2) is 4.98 Å². The van der Waals surface area contributed by atoms with E-state index in [4.69, 9.17) is 0 Å². The van der Waals surface area contributed by atoms with Crippen LogP contribution in [0.4, 0.5) is 0 Å². The molecule has 0 fully saturated rings. The standard InChI is InChI=1S/C20H21N3O2/c1-14(10-11-15-7-4-3-5-8-15)22-19(24)17-13-16-9-6-12-21-18(16)23(2)20(17)25/h3-9,12-14H,10-11H2,1-2H3,(H,22,24)/t14-/m1/s1. The number of benzene rings is 1. The number of carbonyl (C=O) groups is 1. The number of aryl methyl sites for hydroxylation is 2. The highest BCUT2D eigenvalue weighted by Crippen LogP contribution is 2.10. The van der Waals surface area contributed by atoms with E-state index in [1.165, 1.54) is 10.1 Å². The van der Waals surface area contributed by atoms with E-state index in [0.29, 0.717) is 5.65 Å². The smallest absolute Gasteiger partial charge is 0.264 e. The molecule has 0 aliphatic rings. The second-order valence-electron chi connectivity index (χ2n) is 6.24. The first kappa shape index (κ1) is 16.9. The lowest BCUT2D eigenvalue weighted by Gasteiger charge is -2.14. The molecule has 0 saturated heterocycles. The third kappa shape index (κ3) is 3.76. The molecule has 0 aliphatic carbocycles. The van der Waals surface area contributed by atoms with Gasteiger partial charge in [0.15, 0.2) is 0 Å². The van der Waals surface area contributed by atoms with Gasteiger partial charge in [0, 0.05) is 24.7 Å². The number of amides is 1. The van der Waals surface area contributed by atoms with Crippen LogP contribution in [0.3, 0.4) is 0 Å². The molecule has 25 heavy (non-hydrogen) atoms. The molecule has 5 heteroatoms. The molecular weight excluding hydrogens is 314 g/mol. The van der Waals surface area contributed by atoms with Crippen LogP contribution in [0.2, 0.25) is 0 Å². The highest BCUT2D eigenvalue weighted by atomic mass is 16.2. The molecule has 1 N–H and O–H groups in total. The second kappa shape index (κ2) is 7.30. The van der Waals surface area contributed by atoms with Gasteiger partial charge in [-0.2, -0.15) is 0 Å². The average Bonchev–Trinajstić information content (AvgIpc) is 2.64. The number of hydrogen-bond acceptors (Lipinski definition) is 3. The summed E-state index contributed by atoms with van der Waals surface area (Å²) in [6.07, 6.45) is 3.32. The van der Waals surface area contributed by atoms with Crippen molar-refractivity contribution in [3.05, 3.63) is 76.2 Å². The van der Waals surface area contributed by atoms with Gasteiger partial charge in [-0.05, 0) is 43.5 Å². The highest BCUT2D eigenvalue weighted by molar-refractivity contribution is 5.97. The van der Waals surface area contributed by atoms with Crippen molar-refractivity contribution in [2.75, 3.05) is 0 Å². The number of nitrogens with one attached hydrogen (secondary N) is 1. The Balaban J connectivity index is 1.73. The average molecular weight is 335 g/mol. The third-order valence-electron chi connectivity index (χ3n) is 4.30. The van der Waals surface area contributed by atoms with Crippen molar-refractivity contribution in [1.82, 2.24) is 14.9 Å². The van der Waals surface area contributed by atoms with Gasteiger partial charge in [0.05, 0.1) is 0 Å². The number of hydrogen-bond donors (Lipinski definition) is 1. The van der Waals surface area contributed by atoms with E-state index in [1.54, 1.807) is 25.4 Å². The number of rotatable bonds is 5. The largest absolute Gasteiger partial charge is 0.349 e. The summed E-state index contributed by atoms with van der Waals surface area (Å²) in [5, 5.41) is 3.70. The van der Waals surface area contributed by atoms with Crippen LogP contribution in [0.25, 0.3) is 11.0 Å². The fourth-order valence-electron chi connectivity index (χ4n) is 2.86. The predicted molar refractivity (Wildman–Crippen MR) is 98.7 cm³/mol. The van der Waals surface area contributed by atoms with E-state index in [2.05, 4.69) is 22.4 Å². The lowest BCUT2D eigenvalue weighted by Crippen LogP contribution is -2.37. The Labute approximate surface area is 146 Å². The zero-order valence-corrected chi connectivity index (χ0v) is 14.4. The fourth-order valence-corrected chi connectivity index (χ4v) is 2.86. The number of aromatic nitrogens is 2. The fraction of sp³-hybridized carbons (Fsp3) is 0.250. The van der Waals surface area contributed by atoms with Crippen LogP contribution in [-0.2, 0) is 13.5 Å². The van der Waals surface area contributed by atoms with Crippen molar-refractivity contribution in [2.45, 2.75) is 25.8 Å². The van der Waals surface area contributed by atoms with Crippen LogP contribution < -0.4 is 10.9 Å². The Kier molecular flexibility index (Phi) is 4.93. The maximum atomic E-state index is 12.5. The van der Waals surface area contributed by atoms with Crippen LogP contribution in [0.15, 0.2) is 59.5 Å². The first-order valence-corrected chi connectivity index (χ1v) is 8.36. The first-order chi connectivity index (χ1) is 12.1. The number of fused-ring (bicyclic) bond motifs is 1. The van der Waals surface area contributed by atoms with Crippen molar-refractivity contribution in [3.63, 3.8) is 0 Å². The van der Waals surface area contributed by atoms with Gasteiger partial charge in [-0.15, -0.1) is 0 Å². The quantitative estimate of drug-likeness (QED) is 0.780. The van der Waals surface area contributed by atoms with E-state index in [-0.39, 0.29) is 23.1 Å². The zero-order valence-electron chi connectivity index (χ0n) is 14.4. The molecule has 3 aromatic rings. The summed E-state index contributed by atoms with van der Waals surface area (Å²) in [7, 11) is 1.63. The van der Waals surface area contributed by atoms with Gasteiger partial charge in [0.1, 0.15) is 11.2 Å². The van der Waals surface area contributed by atoms with E-state index in [1.807, 2.05) is 31.2 Å². The molecule has 0 unspecified atom stereocenters. The Morgan fingerprint density at radius 2 is 1.96 bits per heavy atom. The molecule has 0 saturated carbocycles. The first-order valence-electron chi connectivity index (χ1n) is 8.36. The molecular formula is C20H21N3O2. The molecule has 3 rings (SSSR count). The van der Waals surface area contributed by atoms with Crippen LogP contribution >= 0.6 is 0 Å². The predicted octanol–water partition coefficient (Wildman–Crippen LogP) is 2.68. The molecule has 1 atom stereocenters. The summed E-state index contributed by atoms with van der Waals surface area (Å²) < 4.78 is 1.42. The minimum absolute atomic E-state index is 0.0259. The molecule has 2 heterocycles. The topological polar surface area (TPSA) is 64.0 Å². The van der Waals surface area contributed by atoms with E-state index >= 15 is 0 Å². The Morgan fingerprint density at radius 3 is 2.72 bits per heavy atom. The summed E-state index contributed by atoms with van der Waals surface area (Å²) in [6, 6.07) is 15.4. The van der Waals surface area contributed by atoms with Gasteiger partial charge in [0.25, 0.3) is 11.5 Å². The van der Waals surface area contributed by atoms with Crippen molar-refractivity contribution < 1.29 is 4.79 Å². The number of pyridine rings is 2. The monoisotopic (exact) mass is 335 g/mol. The minimum Gasteiger partial charge on any atom is -0.349 e. The molecule has 0 aliphatic heterocycles. The normalized spacial score (nSPS) is 12.1. The molecule has 2 aromatic heterocycles. The number of carbonyl (C=O) groups excluding carboxylic acids is 1. The molecule has 0 bridgehead atoms. The van der Waals surface area contributed by atoms with Crippen LogP contribution in [0.5, 0.6) is 0 Å². The van der Waals surface area contributed by atoms with Gasteiger partial charge in [-0.1, -0.05) is 30.3 Å². The molecule has 0 spiro atoms. The van der Waals surface area contributed by atoms with Gasteiger partial charge in [0.2, 0.25) is 0 Å². The lowest BCUT2D eigenvalue weighted by molar-refractivity contribution is 0.0936. The highest BCUT2D eigenvalue weighted by Gasteiger charge is 2.16. The Bertz CT molecular complexity index is 948.